The van der Waals surface area contributed by atoms with Crippen LogP contribution in [-0.4, -0.2) is 71.8 Å². The number of nitrogen functional groups attached to an aromatic ring is 1. The molecule has 0 saturated carbocycles. The van der Waals surface area contributed by atoms with E-state index in [0.29, 0.717) is 29.3 Å². The molecular formula is C20H20B3N5O2. The number of hydrogen-bond donors (Lipinski definition) is 2. The van der Waals surface area contributed by atoms with E-state index in [1.165, 1.54) is 0 Å². The summed E-state index contributed by atoms with van der Waals surface area (Å²) < 4.78 is 0. The second kappa shape index (κ2) is 7.19. The summed E-state index contributed by atoms with van der Waals surface area (Å²) >= 11 is 0. The Kier molecular flexibility index (Phi) is 4.79. The number of nitrogens with two attached hydrogens (primary N) is 1. The number of aromatic nitrogens is 3. The molecule has 1 saturated heterocycles. The van der Waals surface area contributed by atoms with Gasteiger partial charge < -0.3 is 15.7 Å². The van der Waals surface area contributed by atoms with Crippen LogP contribution in [0.25, 0.3) is 22.3 Å². The summed E-state index contributed by atoms with van der Waals surface area (Å²) in [4.78, 5) is 27.4. The SMILES string of the molecule is BC(B)(B)N1CCC(O)(C#Cc2cccc(-c3ncc4ccnc(N)c4n3)c2)C1=O. The molecule has 0 spiro atoms. The Morgan fingerprint density at radius 3 is 2.77 bits per heavy atom. The highest BCUT2D eigenvalue weighted by Gasteiger charge is 2.47. The summed E-state index contributed by atoms with van der Waals surface area (Å²) in [7, 11) is 5.83. The standard InChI is InChI=1S/C20H20B3N5O2/c21-20(22,23)28-9-7-19(30,18(28)29)6-4-12-2-1-3-13(10-12)17-26-11-14-5-8-25-16(24)15(14)27-17/h1-3,5,8,10-11,30H,7,9,21-23H2,(H2,24,25). The molecule has 3 N–H and O–H groups in total. The van der Waals surface area contributed by atoms with E-state index in [9.17, 15) is 9.90 Å². The molecule has 146 valence electrons. The van der Waals surface area contributed by atoms with Crippen molar-refractivity contribution in [2.24, 2.45) is 0 Å². The first-order chi connectivity index (χ1) is 14.2. The minimum absolute atomic E-state index is 0.288. The predicted molar refractivity (Wildman–Crippen MR) is 124 cm³/mol. The van der Waals surface area contributed by atoms with Gasteiger partial charge in [0.1, 0.15) is 34.9 Å². The number of aliphatic hydroxyl groups is 1. The number of pyridine rings is 1. The van der Waals surface area contributed by atoms with Crippen LogP contribution in [0.4, 0.5) is 5.82 Å². The number of amides is 1. The van der Waals surface area contributed by atoms with Crippen LogP contribution in [0.3, 0.4) is 0 Å². The van der Waals surface area contributed by atoms with Gasteiger partial charge in [-0.3, -0.25) is 4.79 Å². The van der Waals surface area contributed by atoms with E-state index < -0.39 is 5.60 Å². The summed E-state index contributed by atoms with van der Waals surface area (Å²) in [6.07, 6.45) is 3.61. The Bertz CT molecular complexity index is 1220. The molecule has 1 fully saturated rings. The van der Waals surface area contributed by atoms with E-state index in [-0.39, 0.29) is 17.6 Å². The Hall–Kier alpha value is -3.31. The van der Waals surface area contributed by atoms with Gasteiger partial charge in [-0.1, -0.05) is 24.0 Å². The largest absolute Gasteiger partial charge is 0.382 e. The average Bonchev–Trinajstić information content (AvgIpc) is 3.02. The fraction of sp³-hybridized carbons (Fsp3) is 0.200. The minimum atomic E-state index is -1.66. The highest BCUT2D eigenvalue weighted by atomic mass is 16.3. The van der Waals surface area contributed by atoms with E-state index in [0.717, 1.165) is 10.9 Å². The topological polar surface area (TPSA) is 105 Å². The Morgan fingerprint density at radius 2 is 2.03 bits per heavy atom. The molecule has 1 aliphatic rings. The maximum absolute atomic E-state index is 12.7. The second-order valence-electron chi connectivity index (χ2n) is 8.40. The molecule has 1 atom stereocenters. The normalized spacial score (nSPS) is 19.0. The summed E-state index contributed by atoms with van der Waals surface area (Å²) in [6.45, 7) is 0.480. The van der Waals surface area contributed by atoms with Crippen LogP contribution >= 0.6 is 0 Å². The van der Waals surface area contributed by atoms with Crippen molar-refractivity contribution in [2.45, 2.75) is 17.3 Å². The van der Waals surface area contributed by atoms with Crippen molar-refractivity contribution in [3.63, 3.8) is 0 Å². The van der Waals surface area contributed by atoms with Gasteiger partial charge in [0.2, 0.25) is 5.60 Å². The molecule has 3 aromatic rings. The zero-order chi connectivity index (χ0) is 21.5. The van der Waals surface area contributed by atoms with Gasteiger partial charge in [-0.2, -0.15) is 0 Å². The van der Waals surface area contributed by atoms with E-state index in [4.69, 9.17) is 5.73 Å². The molecule has 1 unspecified atom stereocenters. The van der Waals surface area contributed by atoms with Gasteiger partial charge in [-0.05, 0) is 23.4 Å². The van der Waals surface area contributed by atoms with Crippen LogP contribution in [0.15, 0.2) is 42.7 Å². The number of benzene rings is 1. The predicted octanol–water partition coefficient (Wildman–Crippen LogP) is -1.90. The minimum Gasteiger partial charge on any atom is -0.382 e. The Balaban J connectivity index is 1.65. The molecule has 4 rings (SSSR count). The molecule has 0 aliphatic carbocycles. The van der Waals surface area contributed by atoms with Crippen molar-refractivity contribution in [1.29, 1.82) is 0 Å². The smallest absolute Gasteiger partial charge is 0.265 e. The maximum Gasteiger partial charge on any atom is 0.265 e. The van der Waals surface area contributed by atoms with Gasteiger partial charge in [-0.15, -0.1) is 0 Å². The number of anilines is 1. The molecule has 1 aliphatic heterocycles. The molecular weight excluding hydrogens is 375 g/mol. The first-order valence-electron chi connectivity index (χ1n) is 9.73. The highest BCUT2D eigenvalue weighted by Crippen LogP contribution is 2.26. The lowest BCUT2D eigenvalue weighted by molar-refractivity contribution is -0.139. The quantitative estimate of drug-likeness (QED) is 0.388. The van der Waals surface area contributed by atoms with Crippen molar-refractivity contribution in [3.8, 4) is 23.2 Å². The number of fused-ring (bicyclic) bond motifs is 1. The fourth-order valence-electron chi connectivity index (χ4n) is 3.49. The maximum atomic E-state index is 12.7. The molecule has 10 heteroatoms. The Morgan fingerprint density at radius 1 is 1.23 bits per heavy atom. The monoisotopic (exact) mass is 395 g/mol. The van der Waals surface area contributed by atoms with E-state index >= 15 is 0 Å². The molecule has 2 aromatic heterocycles. The molecule has 1 aromatic carbocycles. The van der Waals surface area contributed by atoms with E-state index in [1.54, 1.807) is 23.4 Å². The van der Waals surface area contributed by atoms with E-state index in [1.807, 2.05) is 47.8 Å². The van der Waals surface area contributed by atoms with Crippen molar-refractivity contribution in [2.75, 3.05) is 12.3 Å². The van der Waals surface area contributed by atoms with Crippen LogP contribution < -0.4 is 5.73 Å². The number of nitrogens with zero attached hydrogens (tertiary/aromatic N) is 4. The van der Waals surface area contributed by atoms with Crippen molar-refractivity contribution >= 4 is 46.2 Å². The first-order valence-corrected chi connectivity index (χ1v) is 9.73. The fourth-order valence-corrected chi connectivity index (χ4v) is 3.49. The summed E-state index contributed by atoms with van der Waals surface area (Å²) in [6, 6.07) is 9.15. The number of rotatable bonds is 2. The van der Waals surface area contributed by atoms with Gasteiger partial charge >= 0.3 is 0 Å². The van der Waals surface area contributed by atoms with Gasteiger partial charge in [0, 0.05) is 41.9 Å². The number of hydrogen-bond acceptors (Lipinski definition) is 6. The molecule has 30 heavy (non-hydrogen) atoms. The van der Waals surface area contributed by atoms with Crippen molar-refractivity contribution in [3.05, 3.63) is 48.3 Å². The van der Waals surface area contributed by atoms with Crippen molar-refractivity contribution in [1.82, 2.24) is 19.9 Å². The second-order valence-corrected chi connectivity index (χ2v) is 8.40. The Labute approximate surface area is 177 Å². The van der Waals surface area contributed by atoms with Crippen molar-refractivity contribution < 1.29 is 9.90 Å². The lowest BCUT2D eigenvalue weighted by atomic mass is 9.48. The molecule has 1 amide bonds. The zero-order valence-electron chi connectivity index (χ0n) is 17.2. The number of likely N-dealkylation sites (tertiary alicyclic amines) is 1. The molecule has 3 heterocycles. The molecule has 0 bridgehead atoms. The van der Waals surface area contributed by atoms with Gasteiger partial charge in [0.15, 0.2) is 5.82 Å². The van der Waals surface area contributed by atoms with Crippen LogP contribution in [-0.2, 0) is 4.79 Å². The average molecular weight is 395 g/mol. The third-order valence-electron chi connectivity index (χ3n) is 5.17. The first kappa shape index (κ1) is 20.0. The summed E-state index contributed by atoms with van der Waals surface area (Å²) in [5.41, 5.74) is 6.27. The number of carbonyl (C=O) groups is 1. The van der Waals surface area contributed by atoms with Gasteiger partial charge in [0.05, 0.1) is 0 Å². The molecule has 0 radical (unpaired) electrons. The number of carbonyl (C=O) groups excluding carboxylic acids is 1. The van der Waals surface area contributed by atoms with Crippen LogP contribution in [0, 0.1) is 11.8 Å². The van der Waals surface area contributed by atoms with Gasteiger partial charge in [-0.25, -0.2) is 15.0 Å². The highest BCUT2D eigenvalue weighted by molar-refractivity contribution is 6.59. The molecule has 7 nitrogen and oxygen atoms in total. The lowest BCUT2D eigenvalue weighted by Crippen LogP contribution is -2.54. The third-order valence-corrected chi connectivity index (χ3v) is 5.17. The summed E-state index contributed by atoms with van der Waals surface area (Å²) in [5, 5.41) is 11.2. The van der Waals surface area contributed by atoms with Crippen LogP contribution in [0.1, 0.15) is 12.0 Å². The zero-order valence-corrected chi connectivity index (χ0v) is 17.2. The summed E-state index contributed by atoms with van der Waals surface area (Å²) in [5.74, 6) is 6.23. The third kappa shape index (κ3) is 3.64. The van der Waals surface area contributed by atoms with E-state index in [2.05, 4.69) is 26.8 Å². The lowest BCUT2D eigenvalue weighted by Gasteiger charge is -2.32. The van der Waals surface area contributed by atoms with Gasteiger partial charge in [0.25, 0.3) is 5.91 Å². The van der Waals surface area contributed by atoms with Crippen LogP contribution in [0.5, 0.6) is 0 Å². The van der Waals surface area contributed by atoms with Crippen LogP contribution in [0.2, 0.25) is 0 Å².